The van der Waals surface area contributed by atoms with Crippen LogP contribution in [0.1, 0.15) is 104 Å². The minimum Gasteiger partial charge on any atom is -0.460 e. The first-order valence-corrected chi connectivity index (χ1v) is 21.3. The zero-order valence-corrected chi connectivity index (χ0v) is 36.0. The van der Waals surface area contributed by atoms with Gasteiger partial charge in [-0.2, -0.15) is 26.3 Å². The van der Waals surface area contributed by atoms with Gasteiger partial charge in [-0.25, -0.2) is 9.59 Å². The molecule has 2 aromatic rings. The highest BCUT2D eigenvalue weighted by atomic mass is 19.4. The number of halogens is 6. The molecule has 10 atom stereocenters. The van der Waals surface area contributed by atoms with Crippen LogP contribution >= 0.6 is 0 Å². The van der Waals surface area contributed by atoms with Gasteiger partial charge in [-0.3, -0.25) is 4.79 Å². The van der Waals surface area contributed by atoms with Crippen LogP contribution in [0.15, 0.2) is 84.0 Å². The van der Waals surface area contributed by atoms with Crippen LogP contribution in [0.4, 0.5) is 26.3 Å². The van der Waals surface area contributed by atoms with Crippen LogP contribution in [0.2, 0.25) is 0 Å². The first-order chi connectivity index (χ1) is 28.5. The van der Waals surface area contributed by atoms with Gasteiger partial charge in [0.1, 0.15) is 12.2 Å². The molecule has 0 bridgehead atoms. The molecule has 0 unspecified atom stereocenters. The number of methoxy groups -OCH3 is 2. The van der Waals surface area contributed by atoms with Crippen LogP contribution < -0.4 is 0 Å². The Morgan fingerprint density at radius 3 is 1.82 bits per heavy atom. The summed E-state index contributed by atoms with van der Waals surface area (Å²) in [5, 5.41) is 0. The quantitative estimate of drug-likeness (QED) is 0.113. The predicted molar refractivity (Wildman–Crippen MR) is 216 cm³/mol. The van der Waals surface area contributed by atoms with E-state index in [9.17, 15) is 27.6 Å². The highest BCUT2D eigenvalue weighted by Gasteiger charge is 2.68. The molecule has 2 fully saturated rings. The Hall–Kier alpha value is -3.97. The average Bonchev–Trinajstić information content (AvgIpc) is 3.54. The van der Waals surface area contributed by atoms with Crippen molar-refractivity contribution in [2.75, 3.05) is 14.2 Å². The molecule has 334 valence electrons. The number of Topliss-reactive ketones (excluding diaryl/α,β-unsaturated/α-hetero) is 1. The van der Waals surface area contributed by atoms with E-state index in [0.717, 1.165) is 63.3 Å². The number of carbonyl (C=O) groups excluding carboxylic acids is 3. The third-order valence-electron chi connectivity index (χ3n) is 15.1. The van der Waals surface area contributed by atoms with E-state index in [4.69, 9.17) is 18.9 Å². The Labute approximate surface area is 354 Å². The first kappa shape index (κ1) is 46.5. The molecular formula is C48H58F6O7. The second kappa shape index (κ2) is 17.0. The monoisotopic (exact) mass is 860 g/mol. The Morgan fingerprint density at radius 2 is 1.33 bits per heavy atom. The highest BCUT2D eigenvalue weighted by molar-refractivity contribution is 5.99. The van der Waals surface area contributed by atoms with Gasteiger partial charge in [-0.1, -0.05) is 107 Å². The molecule has 2 saturated carbocycles. The van der Waals surface area contributed by atoms with Gasteiger partial charge in [0.05, 0.1) is 0 Å². The van der Waals surface area contributed by atoms with E-state index in [-0.39, 0.29) is 55.6 Å². The number of allylic oxidation sites excluding steroid dienone is 2. The van der Waals surface area contributed by atoms with Crippen LogP contribution in [0.5, 0.6) is 0 Å². The number of hydrogen-bond acceptors (Lipinski definition) is 7. The second-order valence-corrected chi connectivity index (χ2v) is 18.5. The van der Waals surface area contributed by atoms with Crippen molar-refractivity contribution in [1.29, 1.82) is 0 Å². The third-order valence-corrected chi connectivity index (χ3v) is 15.1. The molecule has 0 amide bonds. The molecule has 61 heavy (non-hydrogen) atoms. The van der Waals surface area contributed by atoms with Crippen molar-refractivity contribution in [2.24, 2.45) is 40.4 Å². The van der Waals surface area contributed by atoms with Crippen LogP contribution in [0, 0.1) is 40.4 Å². The van der Waals surface area contributed by atoms with Crippen molar-refractivity contribution >= 4 is 17.7 Å². The molecule has 4 aliphatic carbocycles. The Morgan fingerprint density at radius 1 is 0.803 bits per heavy atom. The van der Waals surface area contributed by atoms with Gasteiger partial charge < -0.3 is 18.9 Å². The van der Waals surface area contributed by atoms with E-state index < -0.39 is 75.6 Å². The van der Waals surface area contributed by atoms with Crippen LogP contribution in [-0.4, -0.2) is 56.5 Å². The number of benzene rings is 2. The van der Waals surface area contributed by atoms with Crippen molar-refractivity contribution in [3.8, 4) is 0 Å². The standard InChI is InChI=1S/C48H58F6O7/c1-28(2)29(3)19-20-30(4)35-21-22-36-39-37(55)26-33-25-34(60-41(56)45(58-7,47(49,50)51)31-15-11-9-12-16-31)23-24-43(33,5)40(39)38(27-44(35,36)6)61-42(57)46(59-8,48(52,53)54)32-17-13-10-14-18-32/h9-18,28,30,33-36,38H,3,19-27H2,1-2,4-8H3/t30-,33-,34+,35-,36+,38-,43+,44-,45+,46+/m1/s1. The minimum absolute atomic E-state index is 0.00618. The van der Waals surface area contributed by atoms with E-state index >= 15 is 13.2 Å². The lowest BCUT2D eigenvalue weighted by Gasteiger charge is -2.56. The fraction of sp³-hybridized carbons (Fsp3) is 0.604. The maximum absolute atomic E-state index is 15.3. The Balaban J connectivity index is 1.39. The van der Waals surface area contributed by atoms with Gasteiger partial charge in [0.15, 0.2) is 5.78 Å². The lowest BCUT2D eigenvalue weighted by molar-refractivity contribution is -0.280. The number of alkyl halides is 6. The summed E-state index contributed by atoms with van der Waals surface area (Å²) in [6.45, 7) is 14.5. The number of rotatable bonds is 13. The van der Waals surface area contributed by atoms with Gasteiger partial charge in [-0.05, 0) is 97.4 Å². The lowest BCUT2D eigenvalue weighted by atomic mass is 9.49. The molecule has 4 aliphatic rings. The average molecular weight is 861 g/mol. The van der Waals surface area contributed by atoms with E-state index in [1.165, 1.54) is 36.4 Å². The van der Waals surface area contributed by atoms with Gasteiger partial charge in [0.2, 0.25) is 0 Å². The van der Waals surface area contributed by atoms with E-state index in [1.54, 1.807) is 0 Å². The van der Waals surface area contributed by atoms with Crippen molar-refractivity contribution < 1.29 is 59.7 Å². The molecular weight excluding hydrogens is 803 g/mol. The number of ketones is 1. The molecule has 0 saturated heterocycles. The fourth-order valence-corrected chi connectivity index (χ4v) is 11.5. The summed E-state index contributed by atoms with van der Waals surface area (Å²) in [7, 11) is 1.60. The number of ether oxygens (including phenoxy) is 4. The van der Waals surface area contributed by atoms with Crippen molar-refractivity contribution in [1.82, 2.24) is 0 Å². The van der Waals surface area contributed by atoms with Crippen molar-refractivity contribution in [3.05, 3.63) is 95.1 Å². The normalized spacial score (nSPS) is 30.3. The van der Waals surface area contributed by atoms with Crippen LogP contribution in [-0.2, 0) is 44.5 Å². The van der Waals surface area contributed by atoms with Gasteiger partial charge in [-0.15, -0.1) is 0 Å². The number of carbonyl (C=O) groups is 3. The summed E-state index contributed by atoms with van der Waals surface area (Å²) in [6.07, 6.45) is -9.30. The van der Waals surface area contributed by atoms with Crippen LogP contribution in [0.25, 0.3) is 0 Å². The summed E-state index contributed by atoms with van der Waals surface area (Å²) >= 11 is 0. The summed E-state index contributed by atoms with van der Waals surface area (Å²) in [5.41, 5.74) is -7.33. The van der Waals surface area contributed by atoms with E-state index in [1.807, 2.05) is 6.92 Å². The molecule has 0 aromatic heterocycles. The SMILES string of the molecule is C=C(CC[C@@H](C)[C@H]1CC[C@H]2C3=C([C@H](OC(=O)[C@@](OC)(c4ccccc4)C(F)(F)F)C[C@]12C)[C@@]1(C)CC[C@H](OC(=O)[C@@](OC)(c2ccccc2)C(F)(F)F)C[C@@H]1CC3=O)C(C)C. The summed E-state index contributed by atoms with van der Waals surface area (Å²) in [5.74, 6) is -3.91. The molecule has 0 heterocycles. The van der Waals surface area contributed by atoms with Crippen molar-refractivity contribution in [3.63, 3.8) is 0 Å². The number of fused-ring (bicyclic) bond motifs is 4. The van der Waals surface area contributed by atoms with Crippen molar-refractivity contribution in [2.45, 2.75) is 128 Å². The topological polar surface area (TPSA) is 88.1 Å². The Kier molecular flexibility index (Phi) is 12.9. The maximum Gasteiger partial charge on any atom is 0.432 e. The first-order valence-electron chi connectivity index (χ1n) is 21.3. The van der Waals surface area contributed by atoms with Gasteiger partial charge >= 0.3 is 24.3 Å². The zero-order chi connectivity index (χ0) is 44.9. The summed E-state index contributed by atoms with van der Waals surface area (Å²) < 4.78 is 112. The predicted octanol–water partition coefficient (Wildman–Crippen LogP) is 11.2. The number of esters is 2. The molecule has 0 aliphatic heterocycles. The minimum atomic E-state index is -5.24. The molecule has 0 spiro atoms. The van der Waals surface area contributed by atoms with Gasteiger partial charge in [0, 0.05) is 37.3 Å². The van der Waals surface area contributed by atoms with E-state index in [2.05, 4.69) is 34.3 Å². The molecule has 0 radical (unpaired) electrons. The summed E-state index contributed by atoms with van der Waals surface area (Å²) in [4.78, 5) is 42.8. The zero-order valence-electron chi connectivity index (χ0n) is 36.0. The molecule has 13 heteroatoms. The van der Waals surface area contributed by atoms with Crippen LogP contribution in [0.3, 0.4) is 0 Å². The summed E-state index contributed by atoms with van der Waals surface area (Å²) in [6, 6.07) is 13.0. The molecule has 6 rings (SSSR count). The second-order valence-electron chi connectivity index (χ2n) is 18.5. The van der Waals surface area contributed by atoms with Gasteiger partial charge in [0.25, 0.3) is 11.2 Å². The highest BCUT2D eigenvalue weighted by Crippen LogP contribution is 2.66. The smallest absolute Gasteiger partial charge is 0.432 e. The fourth-order valence-electron chi connectivity index (χ4n) is 11.5. The number of hydrogen-bond donors (Lipinski definition) is 0. The Bertz CT molecular complexity index is 2000. The molecule has 2 aromatic carbocycles. The maximum atomic E-state index is 15.3. The largest absolute Gasteiger partial charge is 0.460 e. The third kappa shape index (κ3) is 7.78. The van der Waals surface area contributed by atoms with E-state index in [0.29, 0.717) is 23.5 Å². The lowest BCUT2D eigenvalue weighted by Crippen LogP contribution is -2.57. The molecule has 0 N–H and O–H groups in total. The molecule has 7 nitrogen and oxygen atoms in total.